The predicted octanol–water partition coefficient (Wildman–Crippen LogP) is 5.08. The minimum atomic E-state index is -0.442. The maximum Gasteiger partial charge on any atom is 0.245 e. The summed E-state index contributed by atoms with van der Waals surface area (Å²) in [5.41, 5.74) is 4.83. The van der Waals surface area contributed by atoms with E-state index < -0.39 is 5.92 Å². The molecule has 8 heteroatoms. The van der Waals surface area contributed by atoms with Crippen LogP contribution in [-0.4, -0.2) is 24.6 Å². The van der Waals surface area contributed by atoms with Crippen molar-refractivity contribution in [2.75, 3.05) is 11.4 Å². The van der Waals surface area contributed by atoms with Crippen LogP contribution in [-0.2, 0) is 16.2 Å². The molecule has 6 nitrogen and oxygen atoms in total. The summed E-state index contributed by atoms with van der Waals surface area (Å²) in [5.74, 6) is -0.145. The number of para-hydroxylation sites is 1. The van der Waals surface area contributed by atoms with Gasteiger partial charge in [0.25, 0.3) is 0 Å². The third-order valence-corrected chi connectivity index (χ3v) is 5.99. The number of hydrazone groups is 1. The van der Waals surface area contributed by atoms with E-state index in [0.717, 1.165) is 16.8 Å². The molecule has 1 N–H and O–H groups in total. The second kappa shape index (κ2) is 10.5. The first kappa shape index (κ1) is 22.8. The summed E-state index contributed by atoms with van der Waals surface area (Å²) in [7, 11) is 0. The van der Waals surface area contributed by atoms with Crippen molar-refractivity contribution in [1.82, 2.24) is 5.43 Å². The molecule has 0 aromatic heterocycles. The first-order valence-electron chi connectivity index (χ1n) is 10.4. The van der Waals surface area contributed by atoms with E-state index in [9.17, 15) is 9.59 Å². The van der Waals surface area contributed by atoms with E-state index in [1.54, 1.807) is 41.4 Å². The minimum absolute atomic E-state index is 0.0704. The van der Waals surface area contributed by atoms with Crippen LogP contribution < -0.4 is 15.1 Å². The maximum atomic E-state index is 12.4. The summed E-state index contributed by atoms with van der Waals surface area (Å²) in [6, 6.07) is 21.8. The summed E-state index contributed by atoms with van der Waals surface area (Å²) >= 11 is 12.3. The van der Waals surface area contributed by atoms with Crippen LogP contribution in [0.15, 0.2) is 77.9 Å². The van der Waals surface area contributed by atoms with Crippen LogP contribution in [0.4, 0.5) is 5.69 Å². The lowest BCUT2D eigenvalue weighted by molar-refractivity contribution is -0.126. The fourth-order valence-electron chi connectivity index (χ4n) is 3.48. The number of hydrogen-bond donors (Lipinski definition) is 1. The van der Waals surface area contributed by atoms with Crippen molar-refractivity contribution in [1.29, 1.82) is 0 Å². The molecule has 0 aliphatic carbocycles. The van der Waals surface area contributed by atoms with Gasteiger partial charge in [-0.1, -0.05) is 47.5 Å². The van der Waals surface area contributed by atoms with E-state index in [1.165, 1.54) is 0 Å². The molecule has 1 heterocycles. The molecule has 1 aliphatic rings. The molecule has 0 radical (unpaired) electrons. The van der Waals surface area contributed by atoms with E-state index in [2.05, 4.69) is 10.5 Å². The number of nitrogens with one attached hydrogen (secondary N) is 1. The number of carbonyl (C=O) groups excluding carboxylic acids is 2. The number of ether oxygens (including phenoxy) is 1. The first-order chi connectivity index (χ1) is 16.0. The van der Waals surface area contributed by atoms with Gasteiger partial charge >= 0.3 is 0 Å². The molecule has 1 saturated heterocycles. The van der Waals surface area contributed by atoms with Crippen molar-refractivity contribution in [3.8, 4) is 5.75 Å². The summed E-state index contributed by atoms with van der Waals surface area (Å²) in [6.45, 7) is 0.591. The van der Waals surface area contributed by atoms with Gasteiger partial charge in [-0.05, 0) is 54.1 Å². The Bertz CT molecular complexity index is 1150. The Morgan fingerprint density at radius 1 is 1.03 bits per heavy atom. The highest BCUT2D eigenvalue weighted by Crippen LogP contribution is 2.26. The number of nitrogens with zero attached hydrogens (tertiary/aromatic N) is 2. The largest absolute Gasteiger partial charge is 0.489 e. The van der Waals surface area contributed by atoms with Gasteiger partial charge in [0.1, 0.15) is 12.4 Å². The highest BCUT2D eigenvalue weighted by Gasteiger charge is 2.34. The number of rotatable bonds is 7. The topological polar surface area (TPSA) is 71.0 Å². The predicted molar refractivity (Wildman–Crippen MR) is 130 cm³/mol. The van der Waals surface area contributed by atoms with Crippen molar-refractivity contribution < 1.29 is 14.3 Å². The smallest absolute Gasteiger partial charge is 0.245 e. The van der Waals surface area contributed by atoms with Crippen molar-refractivity contribution in [2.45, 2.75) is 13.0 Å². The lowest BCUT2D eigenvalue weighted by Gasteiger charge is -2.16. The summed E-state index contributed by atoms with van der Waals surface area (Å²) in [4.78, 5) is 26.3. The molecule has 1 fully saturated rings. The molecule has 0 spiro atoms. The zero-order chi connectivity index (χ0) is 23.2. The van der Waals surface area contributed by atoms with Gasteiger partial charge in [-0.2, -0.15) is 5.10 Å². The number of amides is 2. The molecule has 1 atom stereocenters. The van der Waals surface area contributed by atoms with Crippen LogP contribution in [0.5, 0.6) is 5.75 Å². The average Bonchev–Trinajstić information content (AvgIpc) is 3.22. The van der Waals surface area contributed by atoms with Gasteiger partial charge in [-0.25, -0.2) is 5.43 Å². The van der Waals surface area contributed by atoms with Crippen LogP contribution in [0, 0.1) is 5.92 Å². The summed E-state index contributed by atoms with van der Waals surface area (Å²) < 4.78 is 5.76. The Balaban J connectivity index is 1.28. The number of hydrogen-bond acceptors (Lipinski definition) is 4. The average molecular weight is 482 g/mol. The first-order valence-corrected chi connectivity index (χ1v) is 11.1. The molecule has 0 unspecified atom stereocenters. The molecule has 3 aromatic carbocycles. The maximum absolute atomic E-state index is 12.4. The fourth-order valence-corrected chi connectivity index (χ4v) is 3.98. The van der Waals surface area contributed by atoms with Crippen molar-refractivity contribution in [3.05, 3.63) is 94.0 Å². The van der Waals surface area contributed by atoms with Gasteiger partial charge in [0, 0.05) is 34.3 Å². The molecule has 2 amide bonds. The van der Waals surface area contributed by atoms with Gasteiger partial charge in [0.15, 0.2) is 0 Å². The van der Waals surface area contributed by atoms with Crippen LogP contribution in [0.1, 0.15) is 17.5 Å². The van der Waals surface area contributed by atoms with Crippen LogP contribution in [0.25, 0.3) is 0 Å². The Kier molecular flexibility index (Phi) is 7.27. The number of benzene rings is 3. The molecule has 168 valence electrons. The van der Waals surface area contributed by atoms with Crippen molar-refractivity contribution >= 4 is 46.9 Å². The summed E-state index contributed by atoms with van der Waals surface area (Å²) in [5, 5.41) is 5.13. The Labute approximate surface area is 201 Å². The molecule has 33 heavy (non-hydrogen) atoms. The van der Waals surface area contributed by atoms with Gasteiger partial charge in [-0.15, -0.1) is 0 Å². The Morgan fingerprint density at radius 2 is 1.73 bits per heavy atom. The molecular weight excluding hydrogens is 461 g/mol. The number of anilines is 1. The molecule has 4 rings (SSSR count). The Morgan fingerprint density at radius 3 is 2.42 bits per heavy atom. The van der Waals surface area contributed by atoms with Gasteiger partial charge in [0.2, 0.25) is 11.8 Å². The third-order valence-electron chi connectivity index (χ3n) is 5.28. The Hall–Kier alpha value is -3.35. The molecule has 1 aliphatic heterocycles. The van der Waals surface area contributed by atoms with Crippen molar-refractivity contribution in [3.63, 3.8) is 0 Å². The fraction of sp³-hybridized carbons (Fsp3) is 0.160. The lowest BCUT2D eigenvalue weighted by Crippen LogP contribution is -2.30. The van der Waals surface area contributed by atoms with Gasteiger partial charge in [0.05, 0.1) is 12.1 Å². The zero-order valence-electron chi connectivity index (χ0n) is 17.6. The van der Waals surface area contributed by atoms with E-state index >= 15 is 0 Å². The quantitative estimate of drug-likeness (QED) is 0.378. The zero-order valence-corrected chi connectivity index (χ0v) is 19.1. The van der Waals surface area contributed by atoms with E-state index in [4.69, 9.17) is 27.9 Å². The minimum Gasteiger partial charge on any atom is -0.489 e. The second-order valence-corrected chi connectivity index (χ2v) is 8.35. The molecule has 0 bridgehead atoms. The summed E-state index contributed by atoms with van der Waals surface area (Å²) in [6.07, 6.45) is 1.70. The highest BCUT2D eigenvalue weighted by molar-refractivity contribution is 6.35. The highest BCUT2D eigenvalue weighted by atomic mass is 35.5. The number of halogens is 2. The van der Waals surface area contributed by atoms with Crippen molar-refractivity contribution in [2.24, 2.45) is 11.0 Å². The SMILES string of the molecule is O=C(N/N=C\c1ccc(OCc2c(Cl)cccc2Cl)cc1)[C@@H]1CC(=O)N(c2ccccc2)C1. The second-order valence-electron chi connectivity index (χ2n) is 7.53. The standard InChI is InChI=1S/C25H21Cl2N3O3/c26-22-7-4-8-23(27)21(22)16-33-20-11-9-17(10-12-20)14-28-29-25(32)18-13-24(31)30(15-18)19-5-2-1-3-6-19/h1-12,14,18H,13,15-16H2,(H,29,32)/b28-14-/t18-/m1/s1. The van der Waals surface area contributed by atoms with E-state index in [-0.39, 0.29) is 24.8 Å². The van der Waals surface area contributed by atoms with Gasteiger partial charge < -0.3 is 9.64 Å². The lowest BCUT2D eigenvalue weighted by atomic mass is 10.1. The van der Waals surface area contributed by atoms with Crippen LogP contribution in [0.3, 0.4) is 0 Å². The molecule has 3 aromatic rings. The van der Waals surface area contributed by atoms with Gasteiger partial charge in [-0.3, -0.25) is 9.59 Å². The van der Waals surface area contributed by atoms with E-state index in [1.807, 2.05) is 42.5 Å². The monoisotopic (exact) mass is 481 g/mol. The van der Waals surface area contributed by atoms with E-state index in [0.29, 0.717) is 22.3 Å². The molecular formula is C25H21Cl2N3O3. The normalized spacial score (nSPS) is 15.8. The molecule has 0 saturated carbocycles. The number of carbonyl (C=O) groups is 2. The van der Waals surface area contributed by atoms with Crippen LogP contribution in [0.2, 0.25) is 10.0 Å². The van der Waals surface area contributed by atoms with Crippen LogP contribution >= 0.6 is 23.2 Å². The third kappa shape index (κ3) is 5.72.